The van der Waals surface area contributed by atoms with Crippen LogP contribution < -0.4 is 9.80 Å². The van der Waals surface area contributed by atoms with Gasteiger partial charge in [-0.1, -0.05) is 19.3 Å². The molecule has 0 radical (unpaired) electrons. The van der Waals surface area contributed by atoms with Crippen molar-refractivity contribution >= 4 is 17.4 Å². The van der Waals surface area contributed by atoms with Crippen LogP contribution in [-0.2, 0) is 4.79 Å². The molecule has 1 fully saturated rings. The average Bonchev–Trinajstić information content (AvgIpc) is 2.51. The number of likely N-dealkylation sites (N-methyl/N-ethyl adjacent to an activating group) is 1. The van der Waals surface area contributed by atoms with E-state index in [0.717, 1.165) is 24.3 Å². The molecule has 2 aliphatic rings. The molecular weight excluding hydrogens is 252 g/mol. The molecule has 20 heavy (non-hydrogen) atoms. The molecule has 0 bridgehead atoms. The van der Waals surface area contributed by atoms with Crippen LogP contribution in [0.25, 0.3) is 0 Å². The van der Waals surface area contributed by atoms with Crippen molar-refractivity contribution in [1.82, 2.24) is 4.98 Å². The first kappa shape index (κ1) is 12.9. The van der Waals surface area contributed by atoms with E-state index in [1.807, 2.05) is 6.07 Å². The first-order chi connectivity index (χ1) is 9.70. The largest absolute Gasteiger partial charge is 0.343 e. The van der Waals surface area contributed by atoms with Gasteiger partial charge in [0.1, 0.15) is 11.8 Å². The van der Waals surface area contributed by atoms with Crippen LogP contribution in [-0.4, -0.2) is 30.5 Å². The minimum atomic E-state index is 0.0922. The van der Waals surface area contributed by atoms with Crippen LogP contribution in [0.3, 0.4) is 0 Å². The molecule has 3 rings (SSSR count). The van der Waals surface area contributed by atoms with Gasteiger partial charge in [0.25, 0.3) is 0 Å². The Hall–Kier alpha value is -2.09. The molecule has 1 amide bonds. The Morgan fingerprint density at radius 2 is 2.05 bits per heavy atom. The van der Waals surface area contributed by atoms with Crippen LogP contribution in [0.15, 0.2) is 12.1 Å². The van der Waals surface area contributed by atoms with Crippen molar-refractivity contribution < 1.29 is 4.79 Å². The average molecular weight is 270 g/mol. The van der Waals surface area contributed by atoms with Crippen molar-refractivity contribution in [2.75, 3.05) is 23.4 Å². The first-order valence-corrected chi connectivity index (χ1v) is 7.15. The number of amides is 1. The first-order valence-electron chi connectivity index (χ1n) is 7.15. The van der Waals surface area contributed by atoms with Crippen LogP contribution in [0.1, 0.15) is 37.8 Å². The monoisotopic (exact) mass is 270 g/mol. The molecule has 1 saturated carbocycles. The van der Waals surface area contributed by atoms with Gasteiger partial charge in [0.05, 0.1) is 12.2 Å². The lowest BCUT2D eigenvalue weighted by molar-refractivity contribution is -0.117. The Labute approximate surface area is 118 Å². The molecule has 0 N–H and O–H groups in total. The van der Waals surface area contributed by atoms with Crippen LogP contribution in [0.4, 0.5) is 11.5 Å². The molecule has 0 atom stereocenters. The zero-order valence-corrected chi connectivity index (χ0v) is 11.7. The second kappa shape index (κ2) is 5.12. The second-order valence-corrected chi connectivity index (χ2v) is 5.52. The van der Waals surface area contributed by atoms with Crippen LogP contribution in [0, 0.1) is 11.3 Å². The second-order valence-electron chi connectivity index (χ2n) is 5.52. The molecular formula is C15H18N4O. The number of fused-ring (bicyclic) bond motifs is 1. The summed E-state index contributed by atoms with van der Waals surface area (Å²) in [7, 11) is 1.77. The molecule has 5 heteroatoms. The van der Waals surface area contributed by atoms with E-state index in [4.69, 9.17) is 5.26 Å². The summed E-state index contributed by atoms with van der Waals surface area (Å²) >= 11 is 0. The van der Waals surface area contributed by atoms with E-state index in [1.165, 1.54) is 19.3 Å². The fourth-order valence-electron chi connectivity index (χ4n) is 3.13. The maximum absolute atomic E-state index is 12.2. The van der Waals surface area contributed by atoms with E-state index in [-0.39, 0.29) is 5.91 Å². The molecule has 104 valence electrons. The zero-order valence-electron chi connectivity index (χ0n) is 11.7. The number of carbonyl (C=O) groups excluding carboxylic acids is 1. The summed E-state index contributed by atoms with van der Waals surface area (Å²) in [5, 5.41) is 9.04. The summed E-state index contributed by atoms with van der Waals surface area (Å²) < 4.78 is 0. The minimum absolute atomic E-state index is 0.0922. The van der Waals surface area contributed by atoms with E-state index in [0.29, 0.717) is 18.3 Å². The van der Waals surface area contributed by atoms with Gasteiger partial charge in [-0.3, -0.25) is 4.79 Å². The summed E-state index contributed by atoms with van der Waals surface area (Å²) in [5.41, 5.74) is 1.22. The van der Waals surface area contributed by atoms with Crippen molar-refractivity contribution in [1.29, 1.82) is 5.26 Å². The van der Waals surface area contributed by atoms with Gasteiger partial charge in [0.15, 0.2) is 5.82 Å². The SMILES string of the molecule is CN1C(=O)CN(C2CCCCC2)c2nc(C#N)ccc21. The number of aromatic nitrogens is 1. The molecule has 0 spiro atoms. The number of hydrogen-bond donors (Lipinski definition) is 0. The van der Waals surface area contributed by atoms with Crippen molar-refractivity contribution in [3.8, 4) is 6.07 Å². The molecule has 0 unspecified atom stereocenters. The maximum atomic E-state index is 12.2. The van der Waals surface area contributed by atoms with Crippen LogP contribution >= 0.6 is 0 Å². The Bertz CT molecular complexity index is 572. The summed E-state index contributed by atoms with van der Waals surface area (Å²) in [4.78, 5) is 20.4. The predicted octanol–water partition coefficient (Wildman–Crippen LogP) is 2.07. The fraction of sp³-hybridized carbons (Fsp3) is 0.533. The van der Waals surface area contributed by atoms with E-state index in [2.05, 4.69) is 16.0 Å². The number of anilines is 2. The highest BCUT2D eigenvalue weighted by Crippen LogP contribution is 2.35. The predicted molar refractivity (Wildman–Crippen MR) is 76.6 cm³/mol. The van der Waals surface area contributed by atoms with E-state index in [9.17, 15) is 4.79 Å². The third kappa shape index (κ3) is 2.11. The van der Waals surface area contributed by atoms with Crippen molar-refractivity contribution in [2.24, 2.45) is 0 Å². The Morgan fingerprint density at radius 1 is 1.30 bits per heavy atom. The van der Waals surface area contributed by atoms with Crippen LogP contribution in [0.2, 0.25) is 0 Å². The molecule has 1 aromatic rings. The summed E-state index contributed by atoms with van der Waals surface area (Å²) in [6.45, 7) is 0.371. The number of carbonyl (C=O) groups is 1. The fourth-order valence-corrected chi connectivity index (χ4v) is 3.13. The molecule has 1 aliphatic heterocycles. The lowest BCUT2D eigenvalue weighted by atomic mass is 9.93. The topological polar surface area (TPSA) is 60.2 Å². The van der Waals surface area contributed by atoms with E-state index < -0.39 is 0 Å². The summed E-state index contributed by atoms with van der Waals surface area (Å²) in [6, 6.07) is 5.96. The van der Waals surface area contributed by atoms with E-state index in [1.54, 1.807) is 18.0 Å². The third-order valence-electron chi connectivity index (χ3n) is 4.30. The van der Waals surface area contributed by atoms with Gasteiger partial charge in [-0.15, -0.1) is 0 Å². The Kier molecular flexibility index (Phi) is 3.31. The molecule has 5 nitrogen and oxygen atoms in total. The van der Waals surface area contributed by atoms with Crippen molar-refractivity contribution in [3.63, 3.8) is 0 Å². The highest BCUT2D eigenvalue weighted by atomic mass is 16.2. The molecule has 1 aliphatic carbocycles. The standard InChI is InChI=1S/C15H18N4O/c1-18-13-8-7-11(9-16)17-15(13)19(10-14(18)20)12-5-3-2-4-6-12/h7-8,12H,2-6,10H2,1H3. The van der Waals surface area contributed by atoms with Gasteiger partial charge >= 0.3 is 0 Å². The normalized spacial score (nSPS) is 19.7. The maximum Gasteiger partial charge on any atom is 0.246 e. The highest BCUT2D eigenvalue weighted by molar-refractivity contribution is 6.02. The van der Waals surface area contributed by atoms with Crippen molar-refractivity contribution in [3.05, 3.63) is 17.8 Å². The number of nitrogens with zero attached hydrogens (tertiary/aromatic N) is 4. The zero-order chi connectivity index (χ0) is 14.1. The van der Waals surface area contributed by atoms with Crippen LogP contribution in [0.5, 0.6) is 0 Å². The minimum Gasteiger partial charge on any atom is -0.343 e. The van der Waals surface area contributed by atoms with E-state index >= 15 is 0 Å². The van der Waals surface area contributed by atoms with Gasteiger partial charge < -0.3 is 9.80 Å². The molecule has 1 aromatic heterocycles. The molecule has 0 aromatic carbocycles. The smallest absolute Gasteiger partial charge is 0.246 e. The number of hydrogen-bond acceptors (Lipinski definition) is 4. The van der Waals surface area contributed by atoms with Gasteiger partial charge in [-0.05, 0) is 25.0 Å². The molecule has 0 saturated heterocycles. The van der Waals surface area contributed by atoms with Gasteiger partial charge in [0.2, 0.25) is 5.91 Å². The third-order valence-corrected chi connectivity index (χ3v) is 4.30. The van der Waals surface area contributed by atoms with Gasteiger partial charge in [0, 0.05) is 13.1 Å². The number of rotatable bonds is 1. The van der Waals surface area contributed by atoms with Crippen molar-refractivity contribution in [2.45, 2.75) is 38.1 Å². The Morgan fingerprint density at radius 3 is 2.75 bits per heavy atom. The summed E-state index contributed by atoms with van der Waals surface area (Å²) in [6.07, 6.45) is 5.90. The molecule has 2 heterocycles. The lowest BCUT2D eigenvalue weighted by Gasteiger charge is -2.40. The lowest BCUT2D eigenvalue weighted by Crippen LogP contribution is -2.49. The summed E-state index contributed by atoms with van der Waals surface area (Å²) in [5.74, 6) is 0.882. The van der Waals surface area contributed by atoms with Gasteiger partial charge in [-0.2, -0.15) is 5.26 Å². The quantitative estimate of drug-likeness (QED) is 0.783. The highest BCUT2D eigenvalue weighted by Gasteiger charge is 2.33. The van der Waals surface area contributed by atoms with Gasteiger partial charge in [-0.25, -0.2) is 4.98 Å². The number of pyridine rings is 1. The number of nitriles is 1. The Balaban J connectivity index is 2.02.